The largest absolute Gasteiger partial charge is 0.0978 e. The van der Waals surface area contributed by atoms with E-state index in [1.54, 1.807) is 5.57 Å². The first-order valence-electron chi connectivity index (χ1n) is 2.82. The monoisotopic (exact) mass is 108 g/mol. The van der Waals surface area contributed by atoms with Crippen LogP contribution in [0, 0.1) is 0 Å². The van der Waals surface area contributed by atoms with Gasteiger partial charge in [0.15, 0.2) is 0 Å². The molecular formula is C6H8Si. The zero-order valence-corrected chi connectivity index (χ0v) is 5.64. The molecule has 0 aromatic carbocycles. The number of hydrogen-bond donors (Lipinski definition) is 0. The topological polar surface area (TPSA) is 0 Å². The summed E-state index contributed by atoms with van der Waals surface area (Å²) in [7, 11) is 0.258. The highest BCUT2D eigenvalue weighted by molar-refractivity contribution is 6.47. The van der Waals surface area contributed by atoms with Gasteiger partial charge in [-0.05, 0) is 12.0 Å². The molecule has 0 aromatic rings. The van der Waals surface area contributed by atoms with Gasteiger partial charge in [0.05, 0.1) is 9.52 Å². The van der Waals surface area contributed by atoms with Gasteiger partial charge in [-0.15, -0.1) is 0 Å². The Labute approximate surface area is 45.7 Å². The maximum absolute atomic E-state index is 2.48. The van der Waals surface area contributed by atoms with Gasteiger partial charge in [-0.2, -0.15) is 0 Å². The molecule has 0 saturated carbocycles. The van der Waals surface area contributed by atoms with Crippen molar-refractivity contribution in [3.8, 4) is 0 Å². The standard InChI is InChI=1S/C6H8Si/c1-2-6-3-5(1)4-7-6/h1-2,4,6H,3,7H2. The SMILES string of the molecule is C1=CC2CC1=C[SiH2]2. The van der Waals surface area contributed by atoms with Crippen molar-refractivity contribution in [3.63, 3.8) is 0 Å². The average molecular weight is 108 g/mol. The summed E-state index contributed by atoms with van der Waals surface area (Å²) in [5.74, 6) is 0. The predicted molar refractivity (Wildman–Crippen MR) is 34.1 cm³/mol. The summed E-state index contributed by atoms with van der Waals surface area (Å²) in [6.45, 7) is 0. The zero-order valence-electron chi connectivity index (χ0n) is 4.22. The van der Waals surface area contributed by atoms with E-state index in [9.17, 15) is 0 Å². The van der Waals surface area contributed by atoms with Gasteiger partial charge in [0, 0.05) is 0 Å². The van der Waals surface area contributed by atoms with Crippen LogP contribution in [0.4, 0.5) is 0 Å². The van der Waals surface area contributed by atoms with E-state index < -0.39 is 0 Å². The second kappa shape index (κ2) is 1.10. The fourth-order valence-corrected chi connectivity index (χ4v) is 3.02. The van der Waals surface area contributed by atoms with Crippen molar-refractivity contribution >= 4 is 9.52 Å². The van der Waals surface area contributed by atoms with Crippen LogP contribution < -0.4 is 0 Å². The molecule has 1 unspecified atom stereocenters. The normalized spacial score (nSPS) is 37.7. The second-order valence-corrected chi connectivity index (χ2v) is 4.27. The first-order chi connectivity index (χ1) is 3.45. The molecule has 0 saturated heterocycles. The molecule has 0 fully saturated rings. The fraction of sp³-hybridized carbons (Fsp3) is 0.333. The zero-order chi connectivity index (χ0) is 4.69. The quantitative estimate of drug-likeness (QED) is 0.403. The Bertz CT molecular complexity index is 144. The van der Waals surface area contributed by atoms with Crippen LogP contribution in [0.25, 0.3) is 0 Å². The molecular weight excluding hydrogens is 100 g/mol. The lowest BCUT2D eigenvalue weighted by atomic mass is 10.3. The lowest BCUT2D eigenvalue weighted by Crippen LogP contribution is -1.86. The summed E-state index contributed by atoms with van der Waals surface area (Å²) in [5.41, 5.74) is 5.14. The van der Waals surface area contributed by atoms with Gasteiger partial charge in [-0.25, -0.2) is 0 Å². The molecule has 1 atom stereocenters. The van der Waals surface area contributed by atoms with Crippen molar-refractivity contribution in [1.29, 1.82) is 0 Å². The van der Waals surface area contributed by atoms with E-state index in [2.05, 4.69) is 17.9 Å². The Hall–Kier alpha value is -0.303. The number of allylic oxidation sites excluding steroid dienone is 3. The van der Waals surface area contributed by atoms with Crippen LogP contribution in [-0.2, 0) is 0 Å². The molecule has 2 rings (SSSR count). The predicted octanol–water partition coefficient (Wildman–Crippen LogP) is 0.801. The second-order valence-electron chi connectivity index (χ2n) is 2.34. The Kier molecular flexibility index (Phi) is 0.576. The smallest absolute Gasteiger partial charge is 0.0532 e. The molecule has 1 aliphatic carbocycles. The lowest BCUT2D eigenvalue weighted by Gasteiger charge is -1.91. The first-order valence-corrected chi connectivity index (χ1v) is 4.46. The number of rotatable bonds is 0. The molecule has 1 heterocycles. The van der Waals surface area contributed by atoms with Gasteiger partial charge in [-0.1, -0.05) is 23.4 Å². The molecule has 0 aromatic heterocycles. The Morgan fingerprint density at radius 3 is 2.86 bits per heavy atom. The summed E-state index contributed by atoms with van der Waals surface area (Å²) in [6.07, 6.45) is 6.05. The van der Waals surface area contributed by atoms with Crippen LogP contribution in [0.15, 0.2) is 23.4 Å². The molecule has 0 amide bonds. The van der Waals surface area contributed by atoms with Crippen LogP contribution >= 0.6 is 0 Å². The third kappa shape index (κ3) is 0.415. The lowest BCUT2D eigenvalue weighted by molar-refractivity contribution is 1.08. The van der Waals surface area contributed by atoms with Gasteiger partial charge in [0.2, 0.25) is 0 Å². The Morgan fingerprint density at radius 1 is 1.71 bits per heavy atom. The molecule has 0 nitrogen and oxygen atoms in total. The summed E-state index contributed by atoms with van der Waals surface area (Å²) >= 11 is 0. The number of hydrogen-bond acceptors (Lipinski definition) is 0. The van der Waals surface area contributed by atoms with Crippen LogP contribution in [-0.4, -0.2) is 9.52 Å². The molecule has 0 radical (unpaired) electrons. The van der Waals surface area contributed by atoms with E-state index in [-0.39, 0.29) is 9.52 Å². The van der Waals surface area contributed by atoms with E-state index >= 15 is 0 Å². The molecule has 36 valence electrons. The minimum Gasteiger partial charge on any atom is -0.0978 e. The van der Waals surface area contributed by atoms with Gasteiger partial charge in [0.25, 0.3) is 0 Å². The van der Waals surface area contributed by atoms with Crippen molar-refractivity contribution in [3.05, 3.63) is 23.4 Å². The Morgan fingerprint density at radius 2 is 2.71 bits per heavy atom. The van der Waals surface area contributed by atoms with E-state index in [1.165, 1.54) is 6.42 Å². The minimum absolute atomic E-state index is 0.258. The molecule has 1 heteroatoms. The first kappa shape index (κ1) is 3.67. The molecule has 7 heavy (non-hydrogen) atoms. The van der Waals surface area contributed by atoms with Crippen molar-refractivity contribution in [2.24, 2.45) is 0 Å². The highest BCUT2D eigenvalue weighted by Gasteiger charge is 2.17. The van der Waals surface area contributed by atoms with Crippen LogP contribution in [0.1, 0.15) is 6.42 Å². The third-order valence-corrected chi connectivity index (χ3v) is 3.69. The van der Waals surface area contributed by atoms with E-state index in [0.717, 1.165) is 5.54 Å². The van der Waals surface area contributed by atoms with Gasteiger partial charge >= 0.3 is 0 Å². The summed E-state index contributed by atoms with van der Waals surface area (Å²) < 4.78 is 0. The van der Waals surface area contributed by atoms with E-state index in [1.807, 2.05) is 0 Å². The Balaban J connectivity index is 2.45. The summed E-state index contributed by atoms with van der Waals surface area (Å²) in [4.78, 5) is 0. The van der Waals surface area contributed by atoms with Gasteiger partial charge < -0.3 is 0 Å². The van der Waals surface area contributed by atoms with Crippen LogP contribution in [0.2, 0.25) is 5.54 Å². The maximum atomic E-state index is 2.48. The van der Waals surface area contributed by atoms with Crippen molar-refractivity contribution in [2.45, 2.75) is 12.0 Å². The fourth-order valence-electron chi connectivity index (χ4n) is 1.31. The summed E-state index contributed by atoms with van der Waals surface area (Å²) in [6, 6.07) is 0. The molecule has 0 N–H and O–H groups in total. The third-order valence-electron chi connectivity index (χ3n) is 1.76. The van der Waals surface area contributed by atoms with Crippen molar-refractivity contribution in [2.75, 3.05) is 0 Å². The number of fused-ring (bicyclic) bond motifs is 2. The van der Waals surface area contributed by atoms with Gasteiger partial charge in [-0.3, -0.25) is 0 Å². The highest BCUT2D eigenvalue weighted by Crippen LogP contribution is 2.32. The molecule has 2 aliphatic rings. The van der Waals surface area contributed by atoms with Crippen molar-refractivity contribution in [1.82, 2.24) is 0 Å². The van der Waals surface area contributed by atoms with E-state index in [0.29, 0.717) is 0 Å². The average Bonchev–Trinajstić information content (AvgIpc) is 2.22. The summed E-state index contributed by atoms with van der Waals surface area (Å²) in [5, 5.41) is 0. The molecule has 1 aliphatic heterocycles. The van der Waals surface area contributed by atoms with Crippen LogP contribution in [0.3, 0.4) is 0 Å². The van der Waals surface area contributed by atoms with Crippen LogP contribution in [0.5, 0.6) is 0 Å². The van der Waals surface area contributed by atoms with E-state index in [4.69, 9.17) is 0 Å². The van der Waals surface area contributed by atoms with Crippen molar-refractivity contribution < 1.29 is 0 Å². The highest BCUT2D eigenvalue weighted by atomic mass is 28.2. The molecule has 2 bridgehead atoms. The maximum Gasteiger partial charge on any atom is 0.0532 e. The van der Waals surface area contributed by atoms with Gasteiger partial charge in [0.1, 0.15) is 0 Å². The molecule has 0 spiro atoms. The minimum atomic E-state index is 0.258.